The van der Waals surface area contributed by atoms with Crippen molar-refractivity contribution < 1.29 is 9.53 Å². The molecule has 0 radical (unpaired) electrons. The number of nitrogens with two attached hydrogens (primary N) is 1. The summed E-state index contributed by atoms with van der Waals surface area (Å²) in [5, 5.41) is 16.9. The van der Waals surface area contributed by atoms with Gasteiger partial charge in [0.2, 0.25) is 0 Å². The van der Waals surface area contributed by atoms with E-state index in [1.54, 1.807) is 4.68 Å². The minimum absolute atomic E-state index is 0.188. The highest BCUT2D eigenvalue weighted by Gasteiger charge is 2.28. The van der Waals surface area contributed by atoms with Crippen molar-refractivity contribution >= 4 is 11.9 Å². The molecule has 2 aromatic carbocycles. The molecule has 0 unspecified atom stereocenters. The molecule has 0 bridgehead atoms. The summed E-state index contributed by atoms with van der Waals surface area (Å²) in [5.74, 6) is 0.260. The fourth-order valence-electron chi connectivity index (χ4n) is 2.94. The summed E-state index contributed by atoms with van der Waals surface area (Å²) in [6.45, 7) is 4.17. The molecule has 0 atom stereocenters. The van der Waals surface area contributed by atoms with Gasteiger partial charge in [0, 0.05) is 12.1 Å². The molecule has 0 saturated heterocycles. The van der Waals surface area contributed by atoms with Crippen LogP contribution in [0.5, 0.6) is 0 Å². The molecule has 3 aromatic rings. The molecule has 0 aliphatic rings. The second kappa shape index (κ2) is 8.48. The summed E-state index contributed by atoms with van der Waals surface area (Å²) >= 11 is 0. The fraction of sp³-hybridized carbons (Fsp3) is 0.227. The van der Waals surface area contributed by atoms with E-state index in [0.717, 1.165) is 11.1 Å². The summed E-state index contributed by atoms with van der Waals surface area (Å²) < 4.78 is 6.82. The molecule has 0 aliphatic carbocycles. The molecule has 3 rings (SSSR count). The fourth-order valence-corrected chi connectivity index (χ4v) is 2.94. The highest BCUT2D eigenvalue weighted by molar-refractivity contribution is 5.72. The van der Waals surface area contributed by atoms with E-state index in [0.29, 0.717) is 11.3 Å². The SMILES string of the molecule is CC(C)(CNC(=O)OCc1ccccc1)n1nc(-c2ccccc2)c(C#N)c1N. The van der Waals surface area contributed by atoms with Crippen molar-refractivity contribution in [3.63, 3.8) is 0 Å². The van der Waals surface area contributed by atoms with Gasteiger partial charge in [-0.3, -0.25) is 0 Å². The van der Waals surface area contributed by atoms with E-state index in [1.165, 1.54) is 0 Å². The lowest BCUT2D eigenvalue weighted by Crippen LogP contribution is -2.42. The monoisotopic (exact) mass is 389 g/mol. The normalized spacial score (nSPS) is 10.9. The number of anilines is 1. The number of aromatic nitrogens is 2. The maximum absolute atomic E-state index is 12.1. The van der Waals surface area contributed by atoms with Crippen LogP contribution in [0.2, 0.25) is 0 Å². The van der Waals surface area contributed by atoms with Gasteiger partial charge >= 0.3 is 6.09 Å². The first-order chi connectivity index (χ1) is 13.9. The molecule has 1 heterocycles. The Morgan fingerprint density at radius 1 is 1.17 bits per heavy atom. The maximum Gasteiger partial charge on any atom is 0.407 e. The highest BCUT2D eigenvalue weighted by atomic mass is 16.5. The summed E-state index contributed by atoms with van der Waals surface area (Å²) in [4.78, 5) is 12.1. The molecule has 0 fully saturated rings. The third kappa shape index (κ3) is 4.55. The van der Waals surface area contributed by atoms with Crippen molar-refractivity contribution in [2.45, 2.75) is 26.0 Å². The quantitative estimate of drug-likeness (QED) is 0.669. The molecule has 0 saturated carbocycles. The average molecular weight is 389 g/mol. The van der Waals surface area contributed by atoms with Crippen molar-refractivity contribution in [3.05, 3.63) is 71.8 Å². The largest absolute Gasteiger partial charge is 0.445 e. The number of benzene rings is 2. The van der Waals surface area contributed by atoms with Crippen LogP contribution in [-0.4, -0.2) is 22.4 Å². The van der Waals surface area contributed by atoms with Crippen LogP contribution < -0.4 is 11.1 Å². The molecule has 1 aromatic heterocycles. The Balaban J connectivity index is 1.71. The topological polar surface area (TPSA) is 106 Å². The standard InChI is InChI=1S/C22H23N5O2/c1-22(2,15-25-21(28)29-14-16-9-5-3-6-10-16)27-20(24)18(13-23)19(26-27)17-11-7-4-8-12-17/h3-12H,14-15,24H2,1-2H3,(H,25,28). The van der Waals surface area contributed by atoms with E-state index in [2.05, 4.69) is 16.5 Å². The van der Waals surface area contributed by atoms with Crippen molar-refractivity contribution in [3.8, 4) is 17.3 Å². The molecule has 7 nitrogen and oxygen atoms in total. The number of ether oxygens (including phenoxy) is 1. The lowest BCUT2D eigenvalue weighted by Gasteiger charge is -2.26. The van der Waals surface area contributed by atoms with Crippen molar-refractivity contribution in [2.24, 2.45) is 0 Å². The number of carbonyl (C=O) groups is 1. The Hall–Kier alpha value is -3.79. The Morgan fingerprint density at radius 3 is 2.41 bits per heavy atom. The lowest BCUT2D eigenvalue weighted by molar-refractivity contribution is 0.134. The van der Waals surface area contributed by atoms with Crippen LogP contribution in [0.4, 0.5) is 10.6 Å². The zero-order chi connectivity index (χ0) is 20.9. The molecule has 7 heteroatoms. The number of nitriles is 1. The molecule has 0 aliphatic heterocycles. The second-order valence-corrected chi connectivity index (χ2v) is 7.23. The van der Waals surface area contributed by atoms with Gasteiger partial charge in [-0.2, -0.15) is 10.4 Å². The van der Waals surface area contributed by atoms with E-state index in [1.807, 2.05) is 74.5 Å². The van der Waals surface area contributed by atoms with Crippen LogP contribution >= 0.6 is 0 Å². The van der Waals surface area contributed by atoms with Crippen LogP contribution in [0.1, 0.15) is 25.0 Å². The zero-order valence-electron chi connectivity index (χ0n) is 16.4. The molecule has 0 spiro atoms. The van der Waals surface area contributed by atoms with E-state index in [-0.39, 0.29) is 19.0 Å². The van der Waals surface area contributed by atoms with Gasteiger partial charge in [-0.15, -0.1) is 0 Å². The number of amides is 1. The predicted molar refractivity (Wildman–Crippen MR) is 111 cm³/mol. The van der Waals surface area contributed by atoms with Gasteiger partial charge in [0.15, 0.2) is 0 Å². The Morgan fingerprint density at radius 2 is 1.79 bits per heavy atom. The number of nitrogens with zero attached hydrogens (tertiary/aromatic N) is 3. The Kier molecular flexibility index (Phi) is 5.84. The maximum atomic E-state index is 12.1. The van der Waals surface area contributed by atoms with Crippen molar-refractivity contribution in [2.75, 3.05) is 12.3 Å². The summed E-state index contributed by atoms with van der Waals surface area (Å²) in [7, 11) is 0. The molecule has 148 valence electrons. The number of nitrogen functional groups attached to an aromatic ring is 1. The number of alkyl carbamates (subject to hydrolysis) is 1. The van der Waals surface area contributed by atoms with Gasteiger partial charge in [-0.05, 0) is 19.4 Å². The molecular weight excluding hydrogens is 366 g/mol. The van der Waals surface area contributed by atoms with Gasteiger partial charge < -0.3 is 15.8 Å². The lowest BCUT2D eigenvalue weighted by atomic mass is 10.1. The third-order valence-corrected chi connectivity index (χ3v) is 4.53. The predicted octanol–water partition coefficient (Wildman–Crippen LogP) is 3.67. The first-order valence-corrected chi connectivity index (χ1v) is 9.21. The van der Waals surface area contributed by atoms with Gasteiger partial charge in [0.25, 0.3) is 0 Å². The number of hydrogen-bond donors (Lipinski definition) is 2. The van der Waals surface area contributed by atoms with Crippen LogP contribution in [0, 0.1) is 11.3 Å². The molecule has 29 heavy (non-hydrogen) atoms. The van der Waals surface area contributed by atoms with Crippen LogP contribution in [0.25, 0.3) is 11.3 Å². The van der Waals surface area contributed by atoms with Crippen LogP contribution in [-0.2, 0) is 16.9 Å². The Labute approximate surface area is 169 Å². The minimum Gasteiger partial charge on any atom is -0.445 e. The van der Waals surface area contributed by atoms with Gasteiger partial charge in [0.05, 0.1) is 5.54 Å². The van der Waals surface area contributed by atoms with Crippen LogP contribution in [0.3, 0.4) is 0 Å². The molecular formula is C22H23N5O2. The molecule has 1 amide bonds. The number of rotatable bonds is 6. The smallest absolute Gasteiger partial charge is 0.407 e. The van der Waals surface area contributed by atoms with Gasteiger partial charge in [-0.25, -0.2) is 9.48 Å². The zero-order valence-corrected chi connectivity index (χ0v) is 16.4. The number of hydrogen-bond acceptors (Lipinski definition) is 5. The van der Waals surface area contributed by atoms with Gasteiger partial charge in [-0.1, -0.05) is 60.7 Å². The number of nitrogens with one attached hydrogen (secondary N) is 1. The van der Waals surface area contributed by atoms with Crippen molar-refractivity contribution in [1.29, 1.82) is 5.26 Å². The number of carbonyl (C=O) groups excluding carboxylic acids is 1. The molecule has 3 N–H and O–H groups in total. The Bertz CT molecular complexity index is 1020. The summed E-state index contributed by atoms with van der Waals surface area (Å²) in [5.41, 5.74) is 8.09. The highest BCUT2D eigenvalue weighted by Crippen LogP contribution is 2.30. The van der Waals surface area contributed by atoms with Gasteiger partial charge in [0.1, 0.15) is 29.8 Å². The summed E-state index contributed by atoms with van der Waals surface area (Å²) in [6, 6.07) is 21.0. The van der Waals surface area contributed by atoms with Crippen molar-refractivity contribution in [1.82, 2.24) is 15.1 Å². The van der Waals surface area contributed by atoms with E-state index in [9.17, 15) is 10.1 Å². The first-order valence-electron chi connectivity index (χ1n) is 9.21. The van der Waals surface area contributed by atoms with E-state index in [4.69, 9.17) is 10.5 Å². The second-order valence-electron chi connectivity index (χ2n) is 7.23. The van der Waals surface area contributed by atoms with E-state index >= 15 is 0 Å². The minimum atomic E-state index is -0.672. The third-order valence-electron chi connectivity index (χ3n) is 4.53. The first kappa shape index (κ1) is 20.0. The summed E-state index contributed by atoms with van der Waals surface area (Å²) in [6.07, 6.45) is -0.531. The van der Waals surface area contributed by atoms with Crippen LogP contribution in [0.15, 0.2) is 60.7 Å². The van der Waals surface area contributed by atoms with E-state index < -0.39 is 11.6 Å². The average Bonchev–Trinajstić information content (AvgIpc) is 3.09.